The van der Waals surface area contributed by atoms with Crippen molar-refractivity contribution in [1.82, 2.24) is 5.43 Å². The van der Waals surface area contributed by atoms with Gasteiger partial charge >= 0.3 is 6.03 Å². The van der Waals surface area contributed by atoms with E-state index in [1.54, 1.807) is 12.1 Å². The molecule has 1 aromatic rings. The first-order valence-corrected chi connectivity index (χ1v) is 5.34. The summed E-state index contributed by atoms with van der Waals surface area (Å²) >= 11 is 9.26. The number of primary amides is 1. The Hall–Kier alpha value is -1.27. The van der Waals surface area contributed by atoms with Crippen molar-refractivity contribution in [1.29, 1.82) is 0 Å². The minimum atomic E-state index is -0.749. The van der Waals surface area contributed by atoms with Gasteiger partial charge < -0.3 is 10.5 Å². The smallest absolute Gasteiger partial charge is 0.332 e. The molecule has 86 valence electrons. The van der Waals surface area contributed by atoms with Gasteiger partial charge in [-0.15, -0.1) is 0 Å². The number of benzene rings is 1. The van der Waals surface area contributed by atoms with E-state index in [0.717, 1.165) is 4.47 Å². The van der Waals surface area contributed by atoms with Crippen LogP contribution >= 0.6 is 27.5 Å². The summed E-state index contributed by atoms with van der Waals surface area (Å²) in [6.45, 7) is 0. The molecular formula is C9H9BrClN3O2. The summed E-state index contributed by atoms with van der Waals surface area (Å²) in [6, 6.07) is 2.68. The zero-order valence-corrected chi connectivity index (χ0v) is 10.7. The van der Waals surface area contributed by atoms with Gasteiger partial charge in [-0.25, -0.2) is 10.2 Å². The van der Waals surface area contributed by atoms with Crippen molar-refractivity contribution in [3.05, 3.63) is 27.2 Å². The van der Waals surface area contributed by atoms with Crippen molar-refractivity contribution in [2.24, 2.45) is 10.8 Å². The van der Waals surface area contributed by atoms with E-state index in [-0.39, 0.29) is 0 Å². The van der Waals surface area contributed by atoms with Crippen LogP contribution in [0.25, 0.3) is 0 Å². The van der Waals surface area contributed by atoms with Crippen LogP contribution in [0.5, 0.6) is 5.75 Å². The molecule has 1 aromatic carbocycles. The maximum absolute atomic E-state index is 10.4. The normalized spacial score (nSPS) is 10.4. The van der Waals surface area contributed by atoms with Crippen molar-refractivity contribution in [3.63, 3.8) is 0 Å². The highest BCUT2D eigenvalue weighted by Gasteiger charge is 2.09. The Balaban J connectivity index is 3.06. The van der Waals surface area contributed by atoms with E-state index in [2.05, 4.69) is 26.5 Å². The molecule has 0 aliphatic carbocycles. The quantitative estimate of drug-likeness (QED) is 0.663. The average molecular weight is 307 g/mol. The fraction of sp³-hybridized carbons (Fsp3) is 0.111. The molecule has 2 amide bonds. The van der Waals surface area contributed by atoms with E-state index in [0.29, 0.717) is 16.3 Å². The Labute approximate surface area is 106 Å². The van der Waals surface area contributed by atoms with E-state index in [1.165, 1.54) is 13.3 Å². The molecule has 0 saturated heterocycles. The fourth-order valence-corrected chi connectivity index (χ4v) is 1.74. The summed E-state index contributed by atoms with van der Waals surface area (Å²) in [5.74, 6) is 0.530. The molecule has 1 rings (SSSR count). The summed E-state index contributed by atoms with van der Waals surface area (Å²) in [6.07, 6.45) is 1.36. The molecule has 0 heterocycles. The molecule has 0 bridgehead atoms. The van der Waals surface area contributed by atoms with Crippen LogP contribution < -0.4 is 15.9 Å². The van der Waals surface area contributed by atoms with E-state index >= 15 is 0 Å². The summed E-state index contributed by atoms with van der Waals surface area (Å²) < 4.78 is 5.88. The number of hydrogen-bond donors (Lipinski definition) is 2. The number of amides is 2. The van der Waals surface area contributed by atoms with Crippen molar-refractivity contribution < 1.29 is 9.53 Å². The molecule has 3 N–H and O–H groups in total. The molecule has 0 saturated carbocycles. The van der Waals surface area contributed by atoms with Gasteiger partial charge in [-0.2, -0.15) is 5.10 Å². The van der Waals surface area contributed by atoms with Crippen molar-refractivity contribution in [2.75, 3.05) is 7.11 Å². The Bertz CT molecular complexity index is 437. The molecule has 0 aromatic heterocycles. The summed E-state index contributed by atoms with van der Waals surface area (Å²) in [7, 11) is 1.51. The Kier molecular flexibility index (Phi) is 4.57. The molecule has 0 fully saturated rings. The number of ether oxygens (including phenoxy) is 1. The maximum Gasteiger partial charge on any atom is 0.332 e. The van der Waals surface area contributed by atoms with Gasteiger partial charge in [0.05, 0.1) is 28.4 Å². The third-order valence-corrected chi connectivity index (χ3v) is 2.62. The minimum absolute atomic E-state index is 0.454. The van der Waals surface area contributed by atoms with Crippen LogP contribution in [0.2, 0.25) is 5.02 Å². The average Bonchev–Trinajstić information content (AvgIpc) is 2.23. The van der Waals surface area contributed by atoms with Crippen LogP contribution in [-0.4, -0.2) is 19.4 Å². The summed E-state index contributed by atoms with van der Waals surface area (Å²) in [4.78, 5) is 10.4. The molecule has 0 radical (unpaired) electrons. The number of nitrogens with two attached hydrogens (primary N) is 1. The summed E-state index contributed by atoms with van der Waals surface area (Å²) in [5.41, 5.74) is 7.48. The number of carbonyl (C=O) groups is 1. The van der Waals surface area contributed by atoms with Gasteiger partial charge in [0.1, 0.15) is 5.75 Å². The number of methoxy groups -OCH3 is 1. The van der Waals surface area contributed by atoms with Gasteiger partial charge in [0, 0.05) is 0 Å². The van der Waals surface area contributed by atoms with Crippen molar-refractivity contribution >= 4 is 39.8 Å². The van der Waals surface area contributed by atoms with Gasteiger partial charge in [0.25, 0.3) is 0 Å². The third-order valence-electron chi connectivity index (χ3n) is 1.67. The standard InChI is InChI=1S/C9H9BrClN3O2/c1-16-8-5(4-13-14-9(12)15)7(11)3-2-6(8)10/h2-4H,1H3,(H3,12,14,15). The number of halogens is 2. The molecule has 0 spiro atoms. The van der Waals surface area contributed by atoms with E-state index in [1.807, 2.05) is 0 Å². The molecule has 0 aliphatic rings. The lowest BCUT2D eigenvalue weighted by Crippen LogP contribution is -2.24. The molecule has 7 heteroatoms. The van der Waals surface area contributed by atoms with Crippen molar-refractivity contribution in [3.8, 4) is 5.75 Å². The SMILES string of the molecule is COc1c(Br)ccc(Cl)c1C=NNC(N)=O. The van der Waals surface area contributed by atoms with E-state index in [4.69, 9.17) is 22.1 Å². The van der Waals surface area contributed by atoms with Gasteiger partial charge in [-0.1, -0.05) is 11.6 Å². The van der Waals surface area contributed by atoms with Gasteiger partial charge in [-0.3, -0.25) is 0 Å². The molecule has 0 unspecified atom stereocenters. The number of urea groups is 1. The number of hydrogen-bond acceptors (Lipinski definition) is 3. The number of nitrogens with one attached hydrogen (secondary N) is 1. The second-order valence-corrected chi connectivity index (χ2v) is 3.97. The number of hydrazone groups is 1. The van der Waals surface area contributed by atoms with Crippen LogP contribution in [0.4, 0.5) is 4.79 Å². The lowest BCUT2D eigenvalue weighted by Gasteiger charge is -2.08. The molecular weight excluding hydrogens is 297 g/mol. The van der Waals surface area contributed by atoms with Gasteiger partial charge in [-0.05, 0) is 28.1 Å². The van der Waals surface area contributed by atoms with E-state index < -0.39 is 6.03 Å². The van der Waals surface area contributed by atoms with Crippen LogP contribution in [-0.2, 0) is 0 Å². The second kappa shape index (κ2) is 5.72. The highest BCUT2D eigenvalue weighted by Crippen LogP contribution is 2.32. The monoisotopic (exact) mass is 305 g/mol. The first-order valence-electron chi connectivity index (χ1n) is 4.16. The lowest BCUT2D eigenvalue weighted by molar-refractivity contribution is 0.249. The van der Waals surface area contributed by atoms with Gasteiger partial charge in [0.15, 0.2) is 0 Å². The molecule has 0 atom stereocenters. The Morgan fingerprint density at radius 2 is 2.38 bits per heavy atom. The van der Waals surface area contributed by atoms with E-state index in [9.17, 15) is 4.79 Å². The van der Waals surface area contributed by atoms with Gasteiger partial charge in [0.2, 0.25) is 0 Å². The predicted molar refractivity (Wildman–Crippen MR) is 66.0 cm³/mol. The second-order valence-electron chi connectivity index (χ2n) is 2.71. The van der Waals surface area contributed by atoms with Crippen LogP contribution in [0.15, 0.2) is 21.7 Å². The minimum Gasteiger partial charge on any atom is -0.495 e. The maximum atomic E-state index is 10.4. The highest BCUT2D eigenvalue weighted by atomic mass is 79.9. The molecule has 16 heavy (non-hydrogen) atoms. The van der Waals surface area contributed by atoms with Crippen LogP contribution in [0.1, 0.15) is 5.56 Å². The molecule has 5 nitrogen and oxygen atoms in total. The molecule has 0 aliphatic heterocycles. The predicted octanol–water partition coefficient (Wildman–Crippen LogP) is 2.11. The number of nitrogens with zero attached hydrogens (tertiary/aromatic N) is 1. The van der Waals surface area contributed by atoms with Crippen LogP contribution in [0.3, 0.4) is 0 Å². The first-order chi connectivity index (χ1) is 7.56. The zero-order valence-electron chi connectivity index (χ0n) is 8.33. The topological polar surface area (TPSA) is 76.7 Å². The first kappa shape index (κ1) is 12.8. The Morgan fingerprint density at radius 1 is 1.69 bits per heavy atom. The summed E-state index contributed by atoms with van der Waals surface area (Å²) in [5, 5.41) is 4.07. The van der Waals surface area contributed by atoms with Crippen molar-refractivity contribution in [2.45, 2.75) is 0 Å². The zero-order chi connectivity index (χ0) is 12.1. The number of carbonyl (C=O) groups excluding carboxylic acids is 1. The number of rotatable bonds is 3. The Morgan fingerprint density at radius 3 is 2.94 bits per heavy atom. The third kappa shape index (κ3) is 3.11. The highest BCUT2D eigenvalue weighted by molar-refractivity contribution is 9.10. The largest absolute Gasteiger partial charge is 0.495 e. The van der Waals surface area contributed by atoms with Crippen LogP contribution in [0, 0.1) is 0 Å². The fourth-order valence-electron chi connectivity index (χ4n) is 1.04. The lowest BCUT2D eigenvalue weighted by atomic mass is 10.2.